The van der Waals surface area contributed by atoms with E-state index in [2.05, 4.69) is 20.2 Å². The van der Waals surface area contributed by atoms with Gasteiger partial charge in [-0.15, -0.1) is 10.2 Å². The van der Waals surface area contributed by atoms with Crippen LogP contribution in [0.25, 0.3) is 0 Å². The van der Waals surface area contributed by atoms with E-state index < -0.39 is 0 Å². The predicted octanol–water partition coefficient (Wildman–Crippen LogP) is 2.13. The molecule has 13 heavy (non-hydrogen) atoms. The number of halogens is 1. The van der Waals surface area contributed by atoms with E-state index >= 15 is 0 Å². The Kier molecular flexibility index (Phi) is 2.72. The quantitative estimate of drug-likeness (QED) is 0.584. The molecule has 2 rings (SSSR count). The summed E-state index contributed by atoms with van der Waals surface area (Å²) in [6, 6.07) is 1.78. The van der Waals surface area contributed by atoms with Gasteiger partial charge in [0.15, 0.2) is 4.34 Å². The molecule has 4 nitrogen and oxygen atoms in total. The summed E-state index contributed by atoms with van der Waals surface area (Å²) in [5.74, 6) is 0. The van der Waals surface area contributed by atoms with Crippen molar-refractivity contribution >= 4 is 34.7 Å². The highest BCUT2D eigenvalue weighted by molar-refractivity contribution is 8.00. The van der Waals surface area contributed by atoms with E-state index in [4.69, 9.17) is 11.6 Å². The molecule has 0 atom stereocenters. The molecular formula is C6H3ClN4S2. The summed E-state index contributed by atoms with van der Waals surface area (Å²) in [6.07, 6.45) is 1.61. The van der Waals surface area contributed by atoms with Crippen LogP contribution in [0.4, 0.5) is 0 Å². The van der Waals surface area contributed by atoms with Crippen molar-refractivity contribution in [3.63, 3.8) is 0 Å². The van der Waals surface area contributed by atoms with Gasteiger partial charge in [-0.25, -0.2) is 9.97 Å². The molecule has 0 fully saturated rings. The second-order valence-corrected chi connectivity index (χ2v) is 4.41. The normalized spacial score (nSPS) is 10.2. The van der Waals surface area contributed by atoms with Gasteiger partial charge in [-0.1, -0.05) is 11.3 Å². The lowest BCUT2D eigenvalue weighted by Crippen LogP contribution is -1.83. The van der Waals surface area contributed by atoms with Crippen LogP contribution in [0.2, 0.25) is 5.28 Å². The van der Waals surface area contributed by atoms with E-state index in [0.717, 1.165) is 9.37 Å². The van der Waals surface area contributed by atoms with Crippen molar-refractivity contribution in [2.45, 2.75) is 9.37 Å². The van der Waals surface area contributed by atoms with E-state index in [1.807, 2.05) is 0 Å². The Hall–Kier alpha value is -0.720. The van der Waals surface area contributed by atoms with Crippen LogP contribution in [0, 0.1) is 0 Å². The first-order valence-electron chi connectivity index (χ1n) is 3.27. The van der Waals surface area contributed by atoms with E-state index in [1.54, 1.807) is 17.8 Å². The number of nitrogens with zero attached hydrogens (tertiary/aromatic N) is 4. The average Bonchev–Trinajstić information content (AvgIpc) is 2.57. The van der Waals surface area contributed by atoms with Crippen LogP contribution in [-0.2, 0) is 0 Å². The Morgan fingerprint density at radius 3 is 3.08 bits per heavy atom. The molecule has 0 bridgehead atoms. The van der Waals surface area contributed by atoms with E-state index in [-0.39, 0.29) is 5.28 Å². The lowest BCUT2D eigenvalue weighted by atomic mass is 10.7. The number of rotatable bonds is 2. The molecule has 0 aliphatic heterocycles. The van der Waals surface area contributed by atoms with Gasteiger partial charge in [-0.3, -0.25) is 0 Å². The summed E-state index contributed by atoms with van der Waals surface area (Å²) in [6.45, 7) is 0. The lowest BCUT2D eigenvalue weighted by molar-refractivity contribution is 0.999. The van der Waals surface area contributed by atoms with Crippen molar-refractivity contribution in [2.75, 3.05) is 0 Å². The fourth-order valence-electron chi connectivity index (χ4n) is 0.673. The fourth-order valence-corrected chi connectivity index (χ4v) is 2.26. The molecule has 0 saturated carbocycles. The van der Waals surface area contributed by atoms with Gasteiger partial charge in [-0.2, -0.15) is 0 Å². The molecule has 0 aromatic carbocycles. The molecule has 2 aromatic rings. The molecule has 2 heterocycles. The third kappa shape index (κ3) is 2.36. The Morgan fingerprint density at radius 1 is 1.46 bits per heavy atom. The first kappa shape index (κ1) is 8.86. The second kappa shape index (κ2) is 3.99. The lowest BCUT2D eigenvalue weighted by Gasteiger charge is -1.94. The summed E-state index contributed by atoms with van der Waals surface area (Å²) in [7, 11) is 0. The maximum Gasteiger partial charge on any atom is 0.223 e. The van der Waals surface area contributed by atoms with E-state index in [0.29, 0.717) is 0 Å². The van der Waals surface area contributed by atoms with Crippen molar-refractivity contribution in [1.82, 2.24) is 20.2 Å². The highest BCUT2D eigenvalue weighted by Crippen LogP contribution is 2.26. The second-order valence-electron chi connectivity index (χ2n) is 1.97. The third-order valence-electron chi connectivity index (χ3n) is 1.13. The van der Waals surface area contributed by atoms with Gasteiger partial charge in [0.2, 0.25) is 5.28 Å². The maximum absolute atomic E-state index is 5.62. The highest BCUT2D eigenvalue weighted by atomic mass is 35.5. The monoisotopic (exact) mass is 230 g/mol. The molecule has 0 spiro atoms. The SMILES string of the molecule is Clc1nccc(Sc2nncs2)n1. The van der Waals surface area contributed by atoms with Gasteiger partial charge in [0.25, 0.3) is 0 Å². The van der Waals surface area contributed by atoms with Gasteiger partial charge < -0.3 is 0 Å². The molecular weight excluding hydrogens is 228 g/mol. The summed E-state index contributed by atoms with van der Waals surface area (Å²) in [4.78, 5) is 7.78. The minimum atomic E-state index is 0.245. The van der Waals surface area contributed by atoms with Gasteiger partial charge in [0.05, 0.1) is 0 Å². The zero-order valence-electron chi connectivity index (χ0n) is 6.22. The van der Waals surface area contributed by atoms with E-state index in [9.17, 15) is 0 Å². The zero-order chi connectivity index (χ0) is 9.10. The van der Waals surface area contributed by atoms with E-state index in [1.165, 1.54) is 23.1 Å². The topological polar surface area (TPSA) is 51.6 Å². The molecule has 0 radical (unpaired) electrons. The van der Waals surface area contributed by atoms with Gasteiger partial charge in [-0.05, 0) is 29.4 Å². The van der Waals surface area contributed by atoms with Gasteiger partial charge >= 0.3 is 0 Å². The Labute approximate surface area is 87.4 Å². The summed E-state index contributed by atoms with van der Waals surface area (Å²) >= 11 is 8.50. The van der Waals surface area contributed by atoms with Crippen LogP contribution in [0.15, 0.2) is 27.1 Å². The fraction of sp³-hybridized carbons (Fsp3) is 0. The Morgan fingerprint density at radius 2 is 2.38 bits per heavy atom. The first-order valence-corrected chi connectivity index (χ1v) is 5.34. The minimum absolute atomic E-state index is 0.245. The number of aromatic nitrogens is 4. The Balaban J connectivity index is 2.19. The minimum Gasteiger partial charge on any atom is -0.226 e. The highest BCUT2D eigenvalue weighted by Gasteiger charge is 2.02. The van der Waals surface area contributed by atoms with Gasteiger partial charge in [0, 0.05) is 6.20 Å². The largest absolute Gasteiger partial charge is 0.226 e. The smallest absolute Gasteiger partial charge is 0.223 e. The Bertz CT molecular complexity index is 391. The molecule has 0 aliphatic rings. The standard InChI is InChI=1S/C6H3ClN4S2/c7-5-8-2-1-4(10-5)13-6-11-9-3-12-6/h1-3H. The predicted molar refractivity (Wildman–Crippen MR) is 51.1 cm³/mol. The van der Waals surface area contributed by atoms with Crippen LogP contribution in [0.3, 0.4) is 0 Å². The van der Waals surface area contributed by atoms with Crippen molar-refractivity contribution in [3.8, 4) is 0 Å². The summed E-state index contributed by atoms with van der Waals surface area (Å²) < 4.78 is 0.842. The molecule has 2 aromatic heterocycles. The van der Waals surface area contributed by atoms with Crippen molar-refractivity contribution < 1.29 is 0 Å². The van der Waals surface area contributed by atoms with Crippen LogP contribution in [0.1, 0.15) is 0 Å². The zero-order valence-corrected chi connectivity index (χ0v) is 8.60. The van der Waals surface area contributed by atoms with Gasteiger partial charge in [0.1, 0.15) is 10.5 Å². The van der Waals surface area contributed by atoms with Crippen LogP contribution >= 0.6 is 34.7 Å². The average molecular weight is 231 g/mol. The molecule has 0 saturated heterocycles. The molecule has 66 valence electrons. The van der Waals surface area contributed by atoms with Crippen LogP contribution in [-0.4, -0.2) is 20.2 Å². The number of hydrogen-bond acceptors (Lipinski definition) is 6. The first-order chi connectivity index (χ1) is 6.34. The van der Waals surface area contributed by atoms with Crippen molar-refractivity contribution in [3.05, 3.63) is 23.1 Å². The summed E-state index contributed by atoms with van der Waals surface area (Å²) in [5.41, 5.74) is 1.67. The third-order valence-corrected chi connectivity index (χ3v) is 3.03. The molecule has 0 aliphatic carbocycles. The van der Waals surface area contributed by atoms with Crippen molar-refractivity contribution in [2.24, 2.45) is 0 Å². The maximum atomic E-state index is 5.62. The molecule has 0 N–H and O–H groups in total. The molecule has 0 unspecified atom stereocenters. The molecule has 0 amide bonds. The van der Waals surface area contributed by atoms with Crippen LogP contribution in [0.5, 0.6) is 0 Å². The summed E-state index contributed by atoms with van der Waals surface area (Å²) in [5, 5.41) is 8.60. The number of hydrogen-bond donors (Lipinski definition) is 0. The molecule has 7 heteroatoms. The van der Waals surface area contributed by atoms with Crippen LogP contribution < -0.4 is 0 Å². The van der Waals surface area contributed by atoms with Crippen molar-refractivity contribution in [1.29, 1.82) is 0 Å².